The molecule has 0 bridgehead atoms. The first kappa shape index (κ1) is 15.1. The molecule has 0 aliphatic rings. The minimum Gasteiger partial charge on any atom is -0.359 e. The SMILES string of the molecule is CNC(=O)CCn1c(C(C)Cl)nc2cc(F)c(Cl)cc21. The largest absolute Gasteiger partial charge is 0.359 e. The number of carbonyl (C=O) groups excluding carboxylic acids is 1. The maximum Gasteiger partial charge on any atom is 0.221 e. The van der Waals surface area contributed by atoms with Crippen molar-refractivity contribution in [2.45, 2.75) is 25.3 Å². The van der Waals surface area contributed by atoms with Gasteiger partial charge >= 0.3 is 0 Å². The number of benzene rings is 1. The molecule has 1 unspecified atom stereocenters. The monoisotopic (exact) mass is 317 g/mol. The Morgan fingerprint density at radius 3 is 2.85 bits per heavy atom. The highest BCUT2D eigenvalue weighted by Crippen LogP contribution is 2.28. The van der Waals surface area contributed by atoms with Crippen LogP contribution in [0.2, 0.25) is 5.02 Å². The van der Waals surface area contributed by atoms with Crippen molar-refractivity contribution in [3.05, 3.63) is 28.8 Å². The molecule has 0 spiro atoms. The van der Waals surface area contributed by atoms with Crippen molar-refractivity contribution in [3.8, 4) is 0 Å². The molecule has 1 amide bonds. The summed E-state index contributed by atoms with van der Waals surface area (Å²) >= 11 is 11.9. The van der Waals surface area contributed by atoms with E-state index in [1.54, 1.807) is 18.5 Å². The number of hydrogen-bond donors (Lipinski definition) is 1. The third kappa shape index (κ3) is 2.88. The molecule has 0 saturated heterocycles. The van der Waals surface area contributed by atoms with Crippen LogP contribution in [0.25, 0.3) is 11.0 Å². The fourth-order valence-electron chi connectivity index (χ4n) is 2.02. The Balaban J connectivity index is 2.50. The van der Waals surface area contributed by atoms with Gasteiger partial charge in [0, 0.05) is 26.1 Å². The van der Waals surface area contributed by atoms with Gasteiger partial charge in [0.15, 0.2) is 0 Å². The standard InChI is InChI=1S/C13H14Cl2FN3O/c1-7(14)13-18-10-6-9(16)8(15)5-11(10)19(13)4-3-12(20)17-2/h5-7H,3-4H2,1-2H3,(H,17,20). The number of aromatic nitrogens is 2. The van der Waals surface area contributed by atoms with E-state index in [1.165, 1.54) is 12.1 Å². The van der Waals surface area contributed by atoms with E-state index in [9.17, 15) is 9.18 Å². The van der Waals surface area contributed by atoms with Gasteiger partial charge in [-0.1, -0.05) is 11.6 Å². The highest BCUT2D eigenvalue weighted by Gasteiger charge is 2.17. The summed E-state index contributed by atoms with van der Waals surface area (Å²) in [5.41, 5.74) is 1.15. The molecule has 2 aromatic rings. The van der Waals surface area contributed by atoms with Gasteiger partial charge in [-0.3, -0.25) is 4.79 Å². The van der Waals surface area contributed by atoms with Crippen molar-refractivity contribution in [2.24, 2.45) is 0 Å². The number of nitrogens with one attached hydrogen (secondary N) is 1. The van der Waals surface area contributed by atoms with Crippen LogP contribution >= 0.6 is 23.2 Å². The van der Waals surface area contributed by atoms with Gasteiger partial charge in [0.2, 0.25) is 5.91 Å². The summed E-state index contributed by atoms with van der Waals surface area (Å²) in [4.78, 5) is 15.7. The zero-order valence-corrected chi connectivity index (χ0v) is 12.6. The van der Waals surface area contributed by atoms with E-state index in [2.05, 4.69) is 10.3 Å². The van der Waals surface area contributed by atoms with Crippen LogP contribution < -0.4 is 5.32 Å². The van der Waals surface area contributed by atoms with Gasteiger partial charge < -0.3 is 9.88 Å². The van der Waals surface area contributed by atoms with E-state index >= 15 is 0 Å². The molecule has 1 atom stereocenters. The molecule has 1 heterocycles. The quantitative estimate of drug-likeness (QED) is 0.880. The highest BCUT2D eigenvalue weighted by molar-refractivity contribution is 6.31. The summed E-state index contributed by atoms with van der Waals surface area (Å²) in [5.74, 6) is -0.0237. The summed E-state index contributed by atoms with van der Waals surface area (Å²) < 4.78 is 15.3. The van der Waals surface area contributed by atoms with Crippen molar-refractivity contribution >= 4 is 40.1 Å². The minimum absolute atomic E-state index is 0.0207. The lowest BCUT2D eigenvalue weighted by molar-refractivity contribution is -0.120. The Kier molecular flexibility index (Phi) is 4.50. The average molecular weight is 318 g/mol. The molecule has 4 nitrogen and oxygen atoms in total. The van der Waals surface area contributed by atoms with Crippen molar-refractivity contribution < 1.29 is 9.18 Å². The first-order valence-electron chi connectivity index (χ1n) is 6.14. The maximum atomic E-state index is 13.5. The number of halogens is 3. The summed E-state index contributed by atoms with van der Waals surface area (Å²) in [6, 6.07) is 2.78. The second-order valence-electron chi connectivity index (χ2n) is 4.42. The van der Waals surface area contributed by atoms with E-state index in [0.29, 0.717) is 23.4 Å². The van der Waals surface area contributed by atoms with Crippen LogP contribution in [-0.4, -0.2) is 22.5 Å². The summed E-state index contributed by atoms with van der Waals surface area (Å²) in [5, 5.41) is 2.22. The van der Waals surface area contributed by atoms with E-state index < -0.39 is 5.82 Å². The molecule has 0 saturated carbocycles. The second kappa shape index (κ2) is 5.97. The Morgan fingerprint density at radius 2 is 2.25 bits per heavy atom. The smallest absolute Gasteiger partial charge is 0.221 e. The van der Waals surface area contributed by atoms with E-state index in [4.69, 9.17) is 23.2 Å². The number of aryl methyl sites for hydroxylation is 1. The first-order chi connectivity index (χ1) is 9.43. The third-order valence-corrected chi connectivity index (χ3v) is 3.50. The van der Waals surface area contributed by atoms with Crippen molar-refractivity contribution in [2.75, 3.05) is 7.05 Å². The molecular formula is C13H14Cl2FN3O. The van der Waals surface area contributed by atoms with Crippen LogP contribution in [-0.2, 0) is 11.3 Å². The number of fused-ring (bicyclic) bond motifs is 1. The van der Waals surface area contributed by atoms with Crippen molar-refractivity contribution in [1.82, 2.24) is 14.9 Å². The summed E-state index contributed by atoms with van der Waals surface area (Å²) in [6.45, 7) is 2.18. The fourth-order valence-corrected chi connectivity index (χ4v) is 2.34. The lowest BCUT2D eigenvalue weighted by atomic mass is 10.3. The summed E-state index contributed by atoms with van der Waals surface area (Å²) in [6.07, 6.45) is 0.285. The normalized spacial score (nSPS) is 12.7. The number of imidazole rings is 1. The molecule has 0 radical (unpaired) electrons. The van der Waals surface area contributed by atoms with Crippen molar-refractivity contribution in [3.63, 3.8) is 0 Å². The predicted octanol–water partition coefficient (Wildman–Crippen LogP) is 3.26. The topological polar surface area (TPSA) is 46.9 Å². The van der Waals surface area contributed by atoms with Crippen LogP contribution in [0.1, 0.15) is 24.5 Å². The van der Waals surface area contributed by atoms with Gasteiger partial charge in [-0.15, -0.1) is 11.6 Å². The maximum absolute atomic E-state index is 13.5. The van der Waals surface area contributed by atoms with Gasteiger partial charge in [0.05, 0.1) is 21.4 Å². The molecule has 20 heavy (non-hydrogen) atoms. The van der Waals surface area contributed by atoms with Gasteiger partial charge in [0.1, 0.15) is 11.6 Å². The Morgan fingerprint density at radius 1 is 1.55 bits per heavy atom. The Bertz CT molecular complexity index is 655. The number of hydrogen-bond acceptors (Lipinski definition) is 2. The molecule has 0 fully saturated rings. The lowest BCUT2D eigenvalue weighted by Crippen LogP contribution is -2.20. The highest BCUT2D eigenvalue weighted by atomic mass is 35.5. The number of carbonyl (C=O) groups is 1. The molecule has 0 aliphatic carbocycles. The molecule has 0 aliphatic heterocycles. The number of nitrogens with zero attached hydrogens (tertiary/aromatic N) is 2. The number of amides is 1. The zero-order valence-electron chi connectivity index (χ0n) is 11.1. The van der Waals surface area contributed by atoms with Crippen molar-refractivity contribution in [1.29, 1.82) is 0 Å². The summed E-state index contributed by atoms with van der Waals surface area (Å²) in [7, 11) is 1.58. The molecule has 7 heteroatoms. The molecule has 1 aromatic carbocycles. The molecule has 1 aromatic heterocycles. The van der Waals surface area contributed by atoms with Gasteiger partial charge in [-0.05, 0) is 13.0 Å². The lowest BCUT2D eigenvalue weighted by Gasteiger charge is -2.10. The van der Waals surface area contributed by atoms with Gasteiger partial charge in [0.25, 0.3) is 0 Å². The predicted molar refractivity (Wildman–Crippen MR) is 77.7 cm³/mol. The zero-order chi connectivity index (χ0) is 14.9. The Hall–Kier alpha value is -1.33. The van der Waals surface area contributed by atoms with E-state index in [1.807, 2.05) is 0 Å². The fraction of sp³-hybridized carbons (Fsp3) is 0.385. The molecule has 1 N–H and O–H groups in total. The van der Waals surface area contributed by atoms with Gasteiger partial charge in [-0.2, -0.15) is 0 Å². The average Bonchev–Trinajstić information content (AvgIpc) is 2.74. The van der Waals surface area contributed by atoms with E-state index in [0.717, 1.165) is 0 Å². The van der Waals surface area contributed by atoms with E-state index in [-0.39, 0.29) is 22.7 Å². The molecule has 108 valence electrons. The number of alkyl halides is 1. The van der Waals surface area contributed by atoms with Crippen LogP contribution in [0.15, 0.2) is 12.1 Å². The van der Waals surface area contributed by atoms with Gasteiger partial charge in [-0.25, -0.2) is 9.37 Å². The third-order valence-electron chi connectivity index (χ3n) is 3.02. The Labute approximate surface area is 125 Å². The molecular weight excluding hydrogens is 304 g/mol. The number of rotatable bonds is 4. The minimum atomic E-state index is -0.524. The molecule has 2 rings (SSSR count). The van der Waals surface area contributed by atoms with Crippen LogP contribution in [0, 0.1) is 5.82 Å². The second-order valence-corrected chi connectivity index (χ2v) is 5.48. The van der Waals surface area contributed by atoms with Crippen LogP contribution in [0.5, 0.6) is 0 Å². The van der Waals surface area contributed by atoms with Crippen LogP contribution in [0.4, 0.5) is 4.39 Å². The first-order valence-corrected chi connectivity index (χ1v) is 6.95. The van der Waals surface area contributed by atoms with Crippen LogP contribution in [0.3, 0.4) is 0 Å².